The number of anilines is 1. The molecule has 0 bridgehead atoms. The van der Waals surface area contributed by atoms with E-state index in [2.05, 4.69) is 44.4 Å². The van der Waals surface area contributed by atoms with Crippen molar-refractivity contribution in [2.45, 2.75) is 25.8 Å². The first-order chi connectivity index (χ1) is 8.13. The van der Waals surface area contributed by atoms with Gasteiger partial charge in [0.05, 0.1) is 6.33 Å². The summed E-state index contributed by atoms with van der Waals surface area (Å²) in [5, 5.41) is 0. The molecule has 1 aromatic rings. The second-order valence-corrected chi connectivity index (χ2v) is 5.66. The van der Waals surface area contributed by atoms with Gasteiger partial charge in [0, 0.05) is 19.1 Å². The first-order valence-corrected chi connectivity index (χ1v) is 6.91. The number of hydrogen-bond acceptors (Lipinski definition) is 4. The number of nitrogens with two attached hydrogens (primary N) is 1. The Bertz CT molecular complexity index is 447. The minimum atomic E-state index is -0.0787. The second kappa shape index (κ2) is 5.34. The van der Waals surface area contributed by atoms with E-state index in [1.807, 2.05) is 0 Å². The van der Waals surface area contributed by atoms with Crippen LogP contribution in [0.2, 0.25) is 0 Å². The first kappa shape index (κ1) is 12.8. The Morgan fingerprint density at radius 2 is 2.47 bits per heavy atom. The van der Waals surface area contributed by atoms with E-state index in [4.69, 9.17) is 5.73 Å². The molecule has 0 saturated carbocycles. The summed E-state index contributed by atoms with van der Waals surface area (Å²) in [6.45, 7) is 3.78. The van der Waals surface area contributed by atoms with Crippen LogP contribution in [0, 0.1) is 9.49 Å². The Kier molecular flexibility index (Phi) is 4.03. The molecule has 6 heteroatoms. The number of nitrogens with one attached hydrogen (secondary N) is 1. The highest BCUT2D eigenvalue weighted by atomic mass is 127. The van der Waals surface area contributed by atoms with Gasteiger partial charge in [-0.1, -0.05) is 6.92 Å². The molecule has 1 saturated heterocycles. The summed E-state index contributed by atoms with van der Waals surface area (Å²) in [6, 6.07) is 0.293. The predicted molar refractivity (Wildman–Crippen MR) is 76.2 cm³/mol. The van der Waals surface area contributed by atoms with Crippen LogP contribution in [0.15, 0.2) is 11.1 Å². The molecule has 1 aliphatic rings. The van der Waals surface area contributed by atoms with Crippen molar-refractivity contribution in [3.63, 3.8) is 0 Å². The van der Waals surface area contributed by atoms with Crippen molar-refractivity contribution in [2.75, 3.05) is 18.0 Å². The third-order valence-electron chi connectivity index (χ3n) is 3.30. The molecule has 0 aromatic carbocycles. The zero-order valence-electron chi connectivity index (χ0n) is 9.82. The fourth-order valence-electron chi connectivity index (χ4n) is 2.33. The van der Waals surface area contributed by atoms with Crippen LogP contribution in [0.5, 0.6) is 0 Å². The highest BCUT2D eigenvalue weighted by Gasteiger charge is 2.27. The van der Waals surface area contributed by atoms with Crippen molar-refractivity contribution in [1.82, 2.24) is 9.97 Å². The lowest BCUT2D eigenvalue weighted by Gasteiger charge is -2.39. The molecule has 0 spiro atoms. The van der Waals surface area contributed by atoms with Crippen LogP contribution in [0.25, 0.3) is 0 Å². The molecule has 2 heterocycles. The van der Waals surface area contributed by atoms with Crippen LogP contribution in [-0.4, -0.2) is 29.1 Å². The molecule has 1 aromatic heterocycles. The molecule has 1 aliphatic heterocycles. The van der Waals surface area contributed by atoms with Crippen molar-refractivity contribution in [2.24, 2.45) is 11.7 Å². The molecule has 94 valence electrons. The van der Waals surface area contributed by atoms with Gasteiger partial charge in [-0.15, -0.1) is 0 Å². The Balaban J connectivity index is 2.32. The normalized spacial score (nSPS) is 25.0. The zero-order chi connectivity index (χ0) is 12.4. The van der Waals surface area contributed by atoms with E-state index in [9.17, 15) is 4.79 Å². The third kappa shape index (κ3) is 2.62. The van der Waals surface area contributed by atoms with Crippen LogP contribution in [-0.2, 0) is 0 Å². The van der Waals surface area contributed by atoms with E-state index < -0.39 is 0 Å². The molecule has 0 radical (unpaired) electrons. The van der Waals surface area contributed by atoms with Crippen LogP contribution < -0.4 is 16.2 Å². The molecule has 0 amide bonds. The van der Waals surface area contributed by atoms with Gasteiger partial charge in [-0.25, -0.2) is 4.98 Å². The summed E-state index contributed by atoms with van der Waals surface area (Å²) in [5.41, 5.74) is 5.74. The van der Waals surface area contributed by atoms with Crippen molar-refractivity contribution in [1.29, 1.82) is 0 Å². The SMILES string of the molecule is CC1CCN(c2nc[nH]c(=O)c2I)C(CN)C1. The molecule has 3 N–H and O–H groups in total. The Morgan fingerprint density at radius 1 is 1.71 bits per heavy atom. The van der Waals surface area contributed by atoms with Gasteiger partial charge in [0.25, 0.3) is 5.56 Å². The van der Waals surface area contributed by atoms with E-state index in [1.54, 1.807) is 0 Å². The minimum absolute atomic E-state index is 0.0787. The number of H-pyrrole nitrogens is 1. The van der Waals surface area contributed by atoms with Crippen molar-refractivity contribution in [3.8, 4) is 0 Å². The van der Waals surface area contributed by atoms with Crippen molar-refractivity contribution in [3.05, 3.63) is 20.3 Å². The average Bonchev–Trinajstić information content (AvgIpc) is 2.33. The highest BCUT2D eigenvalue weighted by Crippen LogP contribution is 2.27. The maximum atomic E-state index is 11.6. The van der Waals surface area contributed by atoms with Gasteiger partial charge >= 0.3 is 0 Å². The van der Waals surface area contributed by atoms with Crippen LogP contribution in [0.3, 0.4) is 0 Å². The van der Waals surface area contributed by atoms with Gasteiger partial charge < -0.3 is 15.6 Å². The average molecular weight is 348 g/mol. The smallest absolute Gasteiger partial charge is 0.266 e. The number of piperidine rings is 1. The summed E-state index contributed by atoms with van der Waals surface area (Å²) in [7, 11) is 0. The van der Waals surface area contributed by atoms with Crippen LogP contribution in [0.4, 0.5) is 5.82 Å². The van der Waals surface area contributed by atoms with Gasteiger partial charge in [0.15, 0.2) is 0 Å². The lowest BCUT2D eigenvalue weighted by atomic mass is 9.92. The van der Waals surface area contributed by atoms with Crippen LogP contribution >= 0.6 is 22.6 Å². The molecule has 2 atom stereocenters. The minimum Gasteiger partial charge on any atom is -0.351 e. The lowest BCUT2D eigenvalue weighted by molar-refractivity contribution is 0.364. The monoisotopic (exact) mass is 348 g/mol. The van der Waals surface area contributed by atoms with E-state index >= 15 is 0 Å². The Labute approximate surface area is 114 Å². The van der Waals surface area contributed by atoms with Gasteiger partial charge in [-0.2, -0.15) is 0 Å². The maximum absolute atomic E-state index is 11.6. The number of hydrogen-bond donors (Lipinski definition) is 2. The third-order valence-corrected chi connectivity index (χ3v) is 4.27. The van der Waals surface area contributed by atoms with Crippen LogP contribution in [0.1, 0.15) is 19.8 Å². The molecule has 2 unspecified atom stereocenters. The maximum Gasteiger partial charge on any atom is 0.266 e. The summed E-state index contributed by atoms with van der Waals surface area (Å²) < 4.78 is 0.651. The topological polar surface area (TPSA) is 75.0 Å². The zero-order valence-corrected chi connectivity index (χ0v) is 12.0. The Morgan fingerprint density at radius 3 is 3.18 bits per heavy atom. The summed E-state index contributed by atoms with van der Waals surface area (Å²) in [5.74, 6) is 1.47. The van der Waals surface area contributed by atoms with Gasteiger partial charge in [0.1, 0.15) is 9.39 Å². The number of aromatic nitrogens is 2. The standard InChI is InChI=1S/C11H17IN4O/c1-7-2-3-16(8(4-7)5-13)10-9(12)11(17)15-6-14-10/h6-8H,2-5,13H2,1H3,(H,14,15,17). The molecular formula is C11H17IN4O. The Hall–Kier alpha value is -0.630. The quantitative estimate of drug-likeness (QED) is 0.780. The molecule has 17 heavy (non-hydrogen) atoms. The van der Waals surface area contributed by atoms with E-state index in [0.29, 0.717) is 22.1 Å². The number of nitrogens with zero attached hydrogens (tertiary/aromatic N) is 2. The first-order valence-electron chi connectivity index (χ1n) is 5.83. The van der Waals surface area contributed by atoms with Crippen molar-refractivity contribution >= 4 is 28.4 Å². The van der Waals surface area contributed by atoms with E-state index in [1.165, 1.54) is 6.33 Å². The summed E-state index contributed by atoms with van der Waals surface area (Å²) in [4.78, 5) is 20.6. The highest BCUT2D eigenvalue weighted by molar-refractivity contribution is 14.1. The predicted octanol–water partition coefficient (Wildman–Crippen LogP) is 0.938. The van der Waals surface area contributed by atoms with Gasteiger partial charge in [-0.05, 0) is 41.4 Å². The second-order valence-electron chi connectivity index (χ2n) is 4.58. The summed E-state index contributed by atoms with van der Waals surface area (Å²) >= 11 is 2.05. The fourth-order valence-corrected chi connectivity index (χ4v) is 2.93. The van der Waals surface area contributed by atoms with Gasteiger partial charge in [-0.3, -0.25) is 4.79 Å². The summed E-state index contributed by atoms with van der Waals surface area (Å²) in [6.07, 6.45) is 3.66. The molecular weight excluding hydrogens is 331 g/mol. The number of aromatic amines is 1. The molecule has 2 rings (SSSR count). The molecule has 0 aliphatic carbocycles. The fraction of sp³-hybridized carbons (Fsp3) is 0.636. The number of rotatable bonds is 2. The largest absolute Gasteiger partial charge is 0.351 e. The van der Waals surface area contributed by atoms with Gasteiger partial charge in [0.2, 0.25) is 0 Å². The van der Waals surface area contributed by atoms with E-state index in [0.717, 1.165) is 25.2 Å². The lowest BCUT2D eigenvalue weighted by Crippen LogP contribution is -2.47. The van der Waals surface area contributed by atoms with E-state index in [-0.39, 0.29) is 5.56 Å². The van der Waals surface area contributed by atoms with Crippen molar-refractivity contribution < 1.29 is 0 Å². The molecule has 5 nitrogen and oxygen atoms in total. The number of halogens is 1. The molecule has 1 fully saturated rings.